The van der Waals surface area contributed by atoms with Gasteiger partial charge in [-0.05, 0) is 37.0 Å². The summed E-state index contributed by atoms with van der Waals surface area (Å²) in [4.78, 5) is 14.7. The first kappa shape index (κ1) is 18.3. The van der Waals surface area contributed by atoms with Gasteiger partial charge < -0.3 is 9.47 Å². The Balaban J connectivity index is 2.13. The van der Waals surface area contributed by atoms with E-state index in [2.05, 4.69) is 81.8 Å². The van der Waals surface area contributed by atoms with Gasteiger partial charge in [-0.3, -0.25) is 4.79 Å². The van der Waals surface area contributed by atoms with Gasteiger partial charge in [0.15, 0.2) is 0 Å². The number of benzene rings is 1. The zero-order valence-electron chi connectivity index (χ0n) is 15.6. The normalized spacial score (nSPS) is 11.8. The molecule has 0 aliphatic heterocycles. The van der Waals surface area contributed by atoms with Gasteiger partial charge in [-0.25, -0.2) is 0 Å². The monoisotopic (exact) mass is 326 g/mol. The molecule has 0 radical (unpaired) electrons. The fraction of sp³-hybridized carbons (Fsp3) is 0.476. The molecule has 0 atom stereocenters. The van der Waals surface area contributed by atoms with Crippen LogP contribution in [0, 0.1) is 5.41 Å². The molecule has 0 saturated carbocycles. The quantitative estimate of drug-likeness (QED) is 0.754. The lowest BCUT2D eigenvalue weighted by atomic mass is 9.91. The average Bonchev–Trinajstić information content (AvgIpc) is 2.90. The predicted molar refractivity (Wildman–Crippen MR) is 99.7 cm³/mol. The Kier molecular flexibility index (Phi) is 5.87. The van der Waals surface area contributed by atoms with Gasteiger partial charge in [-0.15, -0.1) is 0 Å². The lowest BCUT2D eigenvalue weighted by Gasteiger charge is -2.30. The van der Waals surface area contributed by atoms with E-state index < -0.39 is 0 Å². The maximum atomic E-state index is 12.7. The molecule has 0 aliphatic rings. The summed E-state index contributed by atoms with van der Waals surface area (Å²) in [6.07, 6.45) is 2.67. The van der Waals surface area contributed by atoms with Crippen molar-refractivity contribution < 1.29 is 4.79 Å². The zero-order chi connectivity index (χ0) is 17.7. The van der Waals surface area contributed by atoms with Crippen LogP contribution in [0.25, 0.3) is 0 Å². The topological polar surface area (TPSA) is 25.2 Å². The van der Waals surface area contributed by atoms with E-state index in [4.69, 9.17) is 0 Å². The summed E-state index contributed by atoms with van der Waals surface area (Å²) < 4.78 is 2.23. The van der Waals surface area contributed by atoms with E-state index in [1.165, 1.54) is 11.3 Å². The Hall–Kier alpha value is -2.03. The molecule has 1 heterocycles. The summed E-state index contributed by atoms with van der Waals surface area (Å²) >= 11 is 0. The second kappa shape index (κ2) is 7.69. The lowest BCUT2D eigenvalue weighted by molar-refractivity contribution is -0.135. The minimum atomic E-state index is 0.0102. The first-order valence-corrected chi connectivity index (χ1v) is 8.74. The minimum absolute atomic E-state index is 0.0102. The second-order valence-electron chi connectivity index (χ2n) is 7.97. The van der Waals surface area contributed by atoms with Gasteiger partial charge in [0.1, 0.15) is 0 Å². The molecular weight excluding hydrogens is 296 g/mol. The van der Waals surface area contributed by atoms with Crippen LogP contribution in [0.5, 0.6) is 0 Å². The first-order chi connectivity index (χ1) is 11.3. The summed E-state index contributed by atoms with van der Waals surface area (Å²) in [6, 6.07) is 14.8. The molecule has 0 N–H and O–H groups in total. The molecule has 0 spiro atoms. The van der Waals surface area contributed by atoms with Crippen LogP contribution in [0.15, 0.2) is 48.7 Å². The van der Waals surface area contributed by atoms with E-state index in [0.29, 0.717) is 13.0 Å². The lowest BCUT2D eigenvalue weighted by Crippen LogP contribution is -2.38. The van der Waals surface area contributed by atoms with E-state index in [1.807, 2.05) is 11.0 Å². The average molecular weight is 326 g/mol. The van der Waals surface area contributed by atoms with Crippen molar-refractivity contribution in [1.29, 1.82) is 0 Å². The number of amides is 1. The van der Waals surface area contributed by atoms with Crippen molar-refractivity contribution in [2.24, 2.45) is 5.41 Å². The summed E-state index contributed by atoms with van der Waals surface area (Å²) in [5.41, 5.74) is 2.46. The molecule has 24 heavy (non-hydrogen) atoms. The first-order valence-electron chi connectivity index (χ1n) is 8.74. The zero-order valence-corrected chi connectivity index (χ0v) is 15.6. The molecule has 1 aromatic carbocycles. The third-order valence-electron chi connectivity index (χ3n) is 4.08. The highest BCUT2D eigenvalue weighted by Gasteiger charge is 2.23. The minimum Gasteiger partial charge on any atom is -0.345 e. The van der Waals surface area contributed by atoms with E-state index in [9.17, 15) is 4.79 Å². The van der Waals surface area contributed by atoms with Crippen molar-refractivity contribution in [2.75, 3.05) is 0 Å². The van der Waals surface area contributed by atoms with Gasteiger partial charge in [0.2, 0.25) is 5.91 Å². The van der Waals surface area contributed by atoms with Gasteiger partial charge >= 0.3 is 0 Å². The summed E-state index contributed by atoms with van der Waals surface area (Å²) in [6.45, 7) is 12.0. The molecule has 0 aliphatic carbocycles. The number of carbonyl (C=O) groups is 1. The third kappa shape index (κ3) is 5.26. The standard InChI is InChI=1S/C21H30N2O/c1-17(2)23(20(24)14-21(3,4)5)16-19-12-9-13-22(19)15-18-10-7-6-8-11-18/h6-13,17H,14-16H2,1-5H3. The van der Waals surface area contributed by atoms with Crippen LogP contribution in [-0.4, -0.2) is 21.4 Å². The molecule has 0 bridgehead atoms. The van der Waals surface area contributed by atoms with Gasteiger partial charge in [-0.2, -0.15) is 0 Å². The maximum Gasteiger partial charge on any atom is 0.223 e. The van der Waals surface area contributed by atoms with Gasteiger partial charge in [0.25, 0.3) is 0 Å². The van der Waals surface area contributed by atoms with Crippen molar-refractivity contribution in [3.05, 3.63) is 59.9 Å². The molecule has 0 fully saturated rings. The van der Waals surface area contributed by atoms with E-state index in [-0.39, 0.29) is 17.4 Å². The molecule has 2 aromatic rings. The van der Waals surface area contributed by atoms with Crippen LogP contribution >= 0.6 is 0 Å². The van der Waals surface area contributed by atoms with Crippen molar-refractivity contribution >= 4 is 5.91 Å². The largest absolute Gasteiger partial charge is 0.345 e. The Bertz CT molecular complexity index is 650. The molecule has 1 amide bonds. The van der Waals surface area contributed by atoms with Crippen molar-refractivity contribution in [3.8, 4) is 0 Å². The summed E-state index contributed by atoms with van der Waals surface area (Å²) in [5, 5.41) is 0. The Labute approximate surface area is 146 Å². The molecule has 130 valence electrons. The van der Waals surface area contributed by atoms with E-state index in [1.54, 1.807) is 0 Å². The number of nitrogens with zero attached hydrogens (tertiary/aromatic N) is 2. The highest BCUT2D eigenvalue weighted by Crippen LogP contribution is 2.22. The summed E-state index contributed by atoms with van der Waals surface area (Å²) in [7, 11) is 0. The highest BCUT2D eigenvalue weighted by molar-refractivity contribution is 5.77. The smallest absolute Gasteiger partial charge is 0.223 e. The van der Waals surface area contributed by atoms with Gasteiger partial charge in [0.05, 0.1) is 6.54 Å². The fourth-order valence-corrected chi connectivity index (χ4v) is 2.82. The van der Waals surface area contributed by atoms with E-state index >= 15 is 0 Å². The van der Waals surface area contributed by atoms with Crippen LogP contribution in [0.2, 0.25) is 0 Å². The Morgan fingerprint density at radius 3 is 2.33 bits per heavy atom. The SMILES string of the molecule is CC(C)N(Cc1cccn1Cc1ccccc1)C(=O)CC(C)(C)C. The van der Waals surface area contributed by atoms with Crippen LogP contribution in [0.4, 0.5) is 0 Å². The molecular formula is C21H30N2O. The van der Waals surface area contributed by atoms with Crippen LogP contribution in [0.3, 0.4) is 0 Å². The molecule has 0 saturated heterocycles. The highest BCUT2D eigenvalue weighted by atomic mass is 16.2. The van der Waals surface area contributed by atoms with Crippen LogP contribution in [-0.2, 0) is 17.9 Å². The fourth-order valence-electron chi connectivity index (χ4n) is 2.82. The third-order valence-corrected chi connectivity index (χ3v) is 4.08. The predicted octanol–water partition coefficient (Wildman–Crippen LogP) is 4.71. The van der Waals surface area contributed by atoms with Crippen molar-refractivity contribution in [2.45, 2.75) is 60.2 Å². The number of aromatic nitrogens is 1. The molecule has 2 rings (SSSR count). The summed E-state index contributed by atoms with van der Waals surface area (Å²) in [5.74, 6) is 0.227. The number of hydrogen-bond donors (Lipinski definition) is 0. The molecule has 3 nitrogen and oxygen atoms in total. The second-order valence-corrected chi connectivity index (χ2v) is 7.97. The van der Waals surface area contributed by atoms with E-state index in [0.717, 1.165) is 6.54 Å². The van der Waals surface area contributed by atoms with Gasteiger partial charge in [-0.1, -0.05) is 51.1 Å². The van der Waals surface area contributed by atoms with Gasteiger partial charge in [0, 0.05) is 30.9 Å². The van der Waals surface area contributed by atoms with Crippen molar-refractivity contribution in [3.63, 3.8) is 0 Å². The maximum absolute atomic E-state index is 12.7. The Morgan fingerprint density at radius 1 is 1.08 bits per heavy atom. The number of carbonyl (C=O) groups excluding carboxylic acids is 1. The molecule has 0 unspecified atom stereocenters. The van der Waals surface area contributed by atoms with Crippen LogP contribution < -0.4 is 0 Å². The molecule has 3 heteroatoms. The Morgan fingerprint density at radius 2 is 1.75 bits per heavy atom. The number of hydrogen-bond acceptors (Lipinski definition) is 1. The molecule has 1 aromatic heterocycles. The number of rotatable bonds is 6. The van der Waals surface area contributed by atoms with Crippen molar-refractivity contribution in [1.82, 2.24) is 9.47 Å². The van der Waals surface area contributed by atoms with Crippen LogP contribution in [0.1, 0.15) is 52.3 Å².